The number of hydrogen-bond acceptors (Lipinski definition) is 2. The van der Waals surface area contributed by atoms with Crippen molar-refractivity contribution in [1.82, 2.24) is 9.62 Å². The highest BCUT2D eigenvalue weighted by Gasteiger charge is 2.33. The van der Waals surface area contributed by atoms with Gasteiger partial charge in [0.2, 0.25) is 0 Å². The molecule has 0 radical (unpaired) electrons. The fraction of sp³-hybridized carbons (Fsp3) is 1.00. The number of hydrogen-bond donors (Lipinski definition) is 0. The van der Waals surface area contributed by atoms with Crippen molar-refractivity contribution in [3.8, 4) is 0 Å². The fourth-order valence-corrected chi connectivity index (χ4v) is 4.39. The van der Waals surface area contributed by atoms with Crippen LogP contribution in [0.5, 0.6) is 0 Å². The summed E-state index contributed by atoms with van der Waals surface area (Å²) in [5.41, 5.74) is 0. The zero-order chi connectivity index (χ0) is 16.9. The molecule has 1 fully saturated rings. The highest BCUT2D eigenvalue weighted by Crippen LogP contribution is 2.29. The molecule has 0 aromatic rings. The Labute approximate surface area is 142 Å². The molecule has 4 unspecified atom stereocenters. The molecular weight excluding hydrogens is 266 g/mol. The van der Waals surface area contributed by atoms with Crippen LogP contribution in [0.25, 0.3) is 0 Å². The average molecular weight is 306 g/mol. The highest BCUT2D eigenvalue weighted by molar-refractivity contribution is 6.06. The largest absolute Gasteiger partial charge is 0.343 e. The zero-order valence-electron chi connectivity index (χ0n) is 16.6. The van der Waals surface area contributed by atoms with E-state index in [1.165, 1.54) is 38.5 Å². The lowest BCUT2D eigenvalue weighted by Crippen LogP contribution is -2.56. The van der Waals surface area contributed by atoms with Crippen LogP contribution in [0.2, 0.25) is 0 Å². The van der Waals surface area contributed by atoms with Gasteiger partial charge in [0.15, 0.2) is 16.0 Å². The molecular formula is C18H40B2N2. The molecule has 1 aliphatic carbocycles. The molecule has 0 spiro atoms. The van der Waals surface area contributed by atoms with Crippen molar-refractivity contribution in [1.29, 1.82) is 0 Å². The molecule has 22 heavy (non-hydrogen) atoms. The minimum Gasteiger partial charge on any atom is -0.343 e. The van der Waals surface area contributed by atoms with Gasteiger partial charge in [-0.05, 0) is 49.6 Å². The van der Waals surface area contributed by atoms with Crippen LogP contribution in [0.4, 0.5) is 0 Å². The van der Waals surface area contributed by atoms with Crippen LogP contribution in [0.3, 0.4) is 0 Å². The first-order valence-electron chi connectivity index (χ1n) is 9.67. The Hall–Kier alpha value is 0.0499. The number of nitrogens with zero attached hydrogens (tertiary/aromatic N) is 2. The predicted octanol–water partition coefficient (Wildman–Crippen LogP) is 2.87. The van der Waals surface area contributed by atoms with Crippen LogP contribution in [0, 0.1) is 11.8 Å². The fourth-order valence-electron chi connectivity index (χ4n) is 4.39. The standard InChI is InChI=1S/C18H40B2N2/c1-13(2)11-15(5)21(19)17-9-7-8-10-18(17)22(20)16(6)12-14(3)4/h13-18H,7-12,19-20H2,1-6H3. The third kappa shape index (κ3) is 5.92. The van der Waals surface area contributed by atoms with Gasteiger partial charge >= 0.3 is 0 Å². The molecule has 0 aliphatic heterocycles. The van der Waals surface area contributed by atoms with Gasteiger partial charge in [-0.25, -0.2) is 0 Å². The second kappa shape index (κ2) is 9.37. The zero-order valence-corrected chi connectivity index (χ0v) is 16.6. The van der Waals surface area contributed by atoms with Crippen molar-refractivity contribution >= 4 is 16.0 Å². The maximum atomic E-state index is 2.70. The summed E-state index contributed by atoms with van der Waals surface area (Å²) in [7, 11) is 4.74. The molecule has 0 saturated heterocycles. The molecule has 1 saturated carbocycles. The van der Waals surface area contributed by atoms with Gasteiger partial charge in [-0.3, -0.25) is 0 Å². The summed E-state index contributed by atoms with van der Waals surface area (Å²) in [6.45, 7) is 14.2. The first kappa shape index (κ1) is 20.1. The molecule has 0 heterocycles. The molecule has 0 amide bonds. The Balaban J connectivity index is 2.73. The van der Waals surface area contributed by atoms with E-state index in [4.69, 9.17) is 0 Å². The van der Waals surface area contributed by atoms with E-state index in [1.807, 2.05) is 0 Å². The molecule has 4 atom stereocenters. The van der Waals surface area contributed by atoms with Crippen LogP contribution in [-0.2, 0) is 0 Å². The van der Waals surface area contributed by atoms with E-state index >= 15 is 0 Å². The van der Waals surface area contributed by atoms with Crippen LogP contribution < -0.4 is 0 Å². The van der Waals surface area contributed by atoms with Crippen molar-refractivity contribution in [2.24, 2.45) is 11.8 Å². The normalized spacial score (nSPS) is 26.1. The minimum atomic E-state index is 0.694. The highest BCUT2D eigenvalue weighted by atomic mass is 15.2. The van der Waals surface area contributed by atoms with E-state index in [0.29, 0.717) is 12.1 Å². The lowest BCUT2D eigenvalue weighted by Gasteiger charge is -2.47. The molecule has 0 bridgehead atoms. The van der Waals surface area contributed by atoms with E-state index in [2.05, 4.69) is 67.1 Å². The van der Waals surface area contributed by atoms with E-state index in [1.54, 1.807) is 0 Å². The summed E-state index contributed by atoms with van der Waals surface area (Å²) in [6.07, 6.45) is 8.19. The van der Waals surface area contributed by atoms with Crippen molar-refractivity contribution < 1.29 is 0 Å². The predicted molar refractivity (Wildman–Crippen MR) is 105 cm³/mol. The van der Waals surface area contributed by atoms with Gasteiger partial charge in [-0.15, -0.1) is 0 Å². The Morgan fingerprint density at radius 1 is 0.727 bits per heavy atom. The molecule has 0 aromatic carbocycles. The van der Waals surface area contributed by atoms with Gasteiger partial charge in [-0.1, -0.05) is 54.4 Å². The molecule has 1 rings (SSSR count). The first-order chi connectivity index (χ1) is 10.2. The quantitative estimate of drug-likeness (QED) is 0.636. The molecule has 0 N–H and O–H groups in total. The maximum absolute atomic E-state index is 2.70. The summed E-state index contributed by atoms with van der Waals surface area (Å²) < 4.78 is 0. The van der Waals surface area contributed by atoms with Gasteiger partial charge in [-0.2, -0.15) is 0 Å². The van der Waals surface area contributed by atoms with Crippen LogP contribution >= 0.6 is 0 Å². The maximum Gasteiger partial charge on any atom is 0.186 e. The Bertz CT molecular complexity index is 279. The SMILES string of the molecule is BN(C(C)CC(C)C)C1CCCCC1N(B)C(C)CC(C)C. The molecule has 2 nitrogen and oxygen atoms in total. The van der Waals surface area contributed by atoms with Crippen molar-refractivity contribution in [3.05, 3.63) is 0 Å². The van der Waals surface area contributed by atoms with Crippen molar-refractivity contribution in [2.45, 2.75) is 104 Å². The van der Waals surface area contributed by atoms with Gasteiger partial charge in [0.25, 0.3) is 0 Å². The molecule has 128 valence electrons. The van der Waals surface area contributed by atoms with E-state index in [0.717, 1.165) is 23.9 Å². The van der Waals surface area contributed by atoms with Gasteiger partial charge in [0.05, 0.1) is 0 Å². The van der Waals surface area contributed by atoms with Gasteiger partial charge in [0, 0.05) is 12.1 Å². The first-order valence-corrected chi connectivity index (χ1v) is 9.67. The molecule has 0 aromatic heterocycles. The van der Waals surface area contributed by atoms with Crippen LogP contribution in [0.1, 0.15) is 80.1 Å². The smallest absolute Gasteiger partial charge is 0.186 e. The van der Waals surface area contributed by atoms with Gasteiger partial charge < -0.3 is 9.62 Å². The summed E-state index contributed by atoms with van der Waals surface area (Å²) in [5, 5.41) is 0. The summed E-state index contributed by atoms with van der Waals surface area (Å²) in [4.78, 5) is 5.39. The molecule has 4 heteroatoms. The monoisotopic (exact) mass is 306 g/mol. The lowest BCUT2D eigenvalue weighted by molar-refractivity contribution is 0.0980. The van der Waals surface area contributed by atoms with E-state index in [9.17, 15) is 0 Å². The topological polar surface area (TPSA) is 6.48 Å². The third-order valence-electron chi connectivity index (χ3n) is 5.76. The average Bonchev–Trinajstić information content (AvgIpc) is 2.44. The Kier molecular flexibility index (Phi) is 8.56. The molecule has 1 aliphatic rings. The second-order valence-corrected chi connectivity index (χ2v) is 8.71. The van der Waals surface area contributed by atoms with Gasteiger partial charge in [0.1, 0.15) is 0 Å². The van der Waals surface area contributed by atoms with Crippen LogP contribution in [-0.4, -0.2) is 49.8 Å². The summed E-state index contributed by atoms with van der Waals surface area (Å²) >= 11 is 0. The van der Waals surface area contributed by atoms with Crippen molar-refractivity contribution in [3.63, 3.8) is 0 Å². The Morgan fingerprint density at radius 3 is 1.32 bits per heavy atom. The third-order valence-corrected chi connectivity index (χ3v) is 5.76. The second-order valence-electron chi connectivity index (χ2n) is 8.71. The Morgan fingerprint density at radius 2 is 1.05 bits per heavy atom. The lowest BCUT2D eigenvalue weighted by atomic mass is 9.82. The summed E-state index contributed by atoms with van der Waals surface area (Å²) in [6, 6.07) is 2.86. The van der Waals surface area contributed by atoms with E-state index < -0.39 is 0 Å². The summed E-state index contributed by atoms with van der Waals surface area (Å²) in [5.74, 6) is 1.58. The van der Waals surface area contributed by atoms with Crippen molar-refractivity contribution in [2.75, 3.05) is 0 Å². The number of rotatable bonds is 8. The van der Waals surface area contributed by atoms with E-state index in [-0.39, 0.29) is 0 Å². The minimum absolute atomic E-state index is 0.694. The van der Waals surface area contributed by atoms with Crippen LogP contribution in [0.15, 0.2) is 0 Å².